The van der Waals surface area contributed by atoms with E-state index in [1.54, 1.807) is 23.5 Å². The zero-order valence-electron chi connectivity index (χ0n) is 7.63. The van der Waals surface area contributed by atoms with Crippen LogP contribution in [0.25, 0.3) is 0 Å². The molecule has 1 heterocycles. The van der Waals surface area contributed by atoms with Gasteiger partial charge < -0.3 is 10.0 Å². The van der Waals surface area contributed by atoms with Gasteiger partial charge in [-0.2, -0.15) is 0 Å². The second-order valence-electron chi connectivity index (χ2n) is 3.32. The lowest BCUT2D eigenvalue weighted by molar-refractivity contribution is -0.135. The van der Waals surface area contributed by atoms with Crippen molar-refractivity contribution in [2.75, 3.05) is 11.4 Å². The van der Waals surface area contributed by atoms with Gasteiger partial charge in [-0.05, 0) is 12.8 Å². The molecule has 0 atom stereocenters. The van der Waals surface area contributed by atoms with Crippen molar-refractivity contribution in [3.8, 4) is 0 Å². The largest absolute Gasteiger partial charge is 0.480 e. The van der Waals surface area contributed by atoms with E-state index in [4.69, 9.17) is 5.11 Å². The molecule has 0 saturated heterocycles. The highest BCUT2D eigenvalue weighted by atomic mass is 16.4. The van der Waals surface area contributed by atoms with Crippen LogP contribution in [0.4, 0.5) is 5.82 Å². The van der Waals surface area contributed by atoms with Crippen LogP contribution in [0.15, 0.2) is 18.6 Å². The summed E-state index contributed by atoms with van der Waals surface area (Å²) in [6.07, 6.45) is 6.84. The Hall–Kier alpha value is -1.65. The summed E-state index contributed by atoms with van der Waals surface area (Å²) in [5.74, 6) is -0.181. The Balaban J connectivity index is 2.14. The lowest BCUT2D eigenvalue weighted by atomic mass is 10.4. The summed E-state index contributed by atoms with van der Waals surface area (Å²) < 4.78 is 0. The van der Waals surface area contributed by atoms with Crippen LogP contribution in [-0.4, -0.2) is 33.6 Å². The Labute approximate surface area is 81.4 Å². The fourth-order valence-corrected chi connectivity index (χ4v) is 1.37. The number of nitrogens with zero attached hydrogens (tertiary/aromatic N) is 3. The number of aliphatic carboxylic acids is 1. The van der Waals surface area contributed by atoms with Crippen LogP contribution in [0, 0.1) is 0 Å². The molecular formula is C9H11N3O2. The zero-order chi connectivity index (χ0) is 9.97. The summed E-state index contributed by atoms with van der Waals surface area (Å²) in [7, 11) is 0. The molecule has 0 spiro atoms. The van der Waals surface area contributed by atoms with Crippen LogP contribution >= 0.6 is 0 Å². The van der Waals surface area contributed by atoms with E-state index >= 15 is 0 Å². The standard InChI is InChI=1S/C9H11N3O2/c13-9(14)6-12(7-1-2-7)8-5-10-3-4-11-8/h3-5,7H,1-2,6H2,(H,13,14). The fourth-order valence-electron chi connectivity index (χ4n) is 1.37. The molecule has 1 N–H and O–H groups in total. The maximum atomic E-state index is 10.6. The molecule has 0 radical (unpaired) electrons. The van der Waals surface area contributed by atoms with E-state index in [9.17, 15) is 4.79 Å². The van der Waals surface area contributed by atoms with Crippen LogP contribution in [0.1, 0.15) is 12.8 Å². The van der Waals surface area contributed by atoms with Gasteiger partial charge in [0.25, 0.3) is 0 Å². The van der Waals surface area contributed by atoms with Crippen LogP contribution in [0.5, 0.6) is 0 Å². The number of rotatable bonds is 4. The Morgan fingerprint density at radius 3 is 2.86 bits per heavy atom. The molecule has 0 aliphatic heterocycles. The van der Waals surface area contributed by atoms with Crippen molar-refractivity contribution in [3.63, 3.8) is 0 Å². The van der Waals surface area contributed by atoms with E-state index in [0.29, 0.717) is 11.9 Å². The average molecular weight is 193 g/mol. The van der Waals surface area contributed by atoms with Gasteiger partial charge >= 0.3 is 5.97 Å². The van der Waals surface area contributed by atoms with Gasteiger partial charge in [0.1, 0.15) is 12.4 Å². The van der Waals surface area contributed by atoms with Crippen molar-refractivity contribution in [1.29, 1.82) is 0 Å². The van der Waals surface area contributed by atoms with Crippen molar-refractivity contribution in [1.82, 2.24) is 9.97 Å². The first-order valence-electron chi connectivity index (χ1n) is 4.52. The molecule has 1 aromatic heterocycles. The Morgan fingerprint density at radius 1 is 1.57 bits per heavy atom. The first-order chi connectivity index (χ1) is 6.77. The van der Waals surface area contributed by atoms with Gasteiger partial charge in [0.15, 0.2) is 0 Å². The predicted molar refractivity (Wildman–Crippen MR) is 50.0 cm³/mol. The molecule has 0 amide bonds. The van der Waals surface area contributed by atoms with E-state index in [1.165, 1.54) is 0 Å². The minimum absolute atomic E-state index is 0.00333. The van der Waals surface area contributed by atoms with E-state index in [0.717, 1.165) is 12.8 Å². The summed E-state index contributed by atoms with van der Waals surface area (Å²) in [6.45, 7) is 0.00333. The monoisotopic (exact) mass is 193 g/mol. The molecule has 0 unspecified atom stereocenters. The second-order valence-corrected chi connectivity index (χ2v) is 3.32. The molecule has 5 nitrogen and oxygen atoms in total. The topological polar surface area (TPSA) is 66.3 Å². The van der Waals surface area contributed by atoms with Crippen LogP contribution in [-0.2, 0) is 4.79 Å². The number of carboxylic acid groups (broad SMARTS) is 1. The molecule has 1 saturated carbocycles. The van der Waals surface area contributed by atoms with Crippen LogP contribution < -0.4 is 4.90 Å². The number of carbonyl (C=O) groups is 1. The quantitative estimate of drug-likeness (QED) is 0.755. The summed E-state index contributed by atoms with van der Waals surface area (Å²) >= 11 is 0. The van der Waals surface area contributed by atoms with E-state index < -0.39 is 5.97 Å². The minimum Gasteiger partial charge on any atom is -0.480 e. The smallest absolute Gasteiger partial charge is 0.323 e. The van der Waals surface area contributed by atoms with Crippen molar-refractivity contribution >= 4 is 11.8 Å². The number of aromatic nitrogens is 2. The normalized spacial score (nSPS) is 15.1. The summed E-state index contributed by atoms with van der Waals surface area (Å²) in [6, 6.07) is 0.336. The lowest BCUT2D eigenvalue weighted by Crippen LogP contribution is -2.32. The van der Waals surface area contributed by atoms with E-state index in [1.807, 2.05) is 0 Å². The minimum atomic E-state index is -0.831. The van der Waals surface area contributed by atoms with Crippen molar-refractivity contribution in [2.24, 2.45) is 0 Å². The second kappa shape index (κ2) is 3.61. The highest BCUT2D eigenvalue weighted by molar-refractivity contribution is 5.73. The Kier molecular flexibility index (Phi) is 2.30. The molecule has 2 rings (SSSR count). The first-order valence-corrected chi connectivity index (χ1v) is 4.52. The molecule has 0 bridgehead atoms. The van der Waals surface area contributed by atoms with Gasteiger partial charge in [-0.25, -0.2) is 4.98 Å². The SMILES string of the molecule is O=C(O)CN(c1cnccn1)C1CC1. The summed E-state index contributed by atoms with van der Waals surface area (Å²) in [5.41, 5.74) is 0. The molecule has 1 aromatic rings. The molecule has 0 aromatic carbocycles. The summed E-state index contributed by atoms with van der Waals surface area (Å²) in [4.78, 5) is 20.4. The predicted octanol–water partition coefficient (Wildman–Crippen LogP) is 0.530. The maximum absolute atomic E-state index is 10.6. The molecule has 14 heavy (non-hydrogen) atoms. The van der Waals surface area contributed by atoms with Gasteiger partial charge in [-0.3, -0.25) is 9.78 Å². The van der Waals surface area contributed by atoms with Crippen molar-refractivity contribution in [3.05, 3.63) is 18.6 Å². The maximum Gasteiger partial charge on any atom is 0.323 e. The van der Waals surface area contributed by atoms with Crippen molar-refractivity contribution < 1.29 is 9.90 Å². The van der Waals surface area contributed by atoms with E-state index in [2.05, 4.69) is 9.97 Å². The molecule has 5 heteroatoms. The summed E-state index contributed by atoms with van der Waals surface area (Å²) in [5, 5.41) is 8.73. The van der Waals surface area contributed by atoms with Gasteiger partial charge in [0.2, 0.25) is 0 Å². The number of anilines is 1. The molecule has 74 valence electrons. The highest BCUT2D eigenvalue weighted by Gasteiger charge is 2.31. The lowest BCUT2D eigenvalue weighted by Gasteiger charge is -2.20. The third-order valence-corrected chi connectivity index (χ3v) is 2.14. The molecule has 1 aliphatic rings. The highest BCUT2D eigenvalue weighted by Crippen LogP contribution is 2.29. The van der Waals surface area contributed by atoms with E-state index in [-0.39, 0.29) is 6.54 Å². The number of carboxylic acids is 1. The van der Waals surface area contributed by atoms with Crippen molar-refractivity contribution in [2.45, 2.75) is 18.9 Å². The van der Waals surface area contributed by atoms with Gasteiger partial charge in [-0.15, -0.1) is 0 Å². The van der Waals surface area contributed by atoms with Gasteiger partial charge in [-0.1, -0.05) is 0 Å². The molecule has 1 fully saturated rings. The van der Waals surface area contributed by atoms with Gasteiger partial charge in [0, 0.05) is 18.4 Å². The Bertz CT molecular complexity index is 324. The molecular weight excluding hydrogens is 182 g/mol. The third-order valence-electron chi connectivity index (χ3n) is 2.14. The van der Waals surface area contributed by atoms with Crippen LogP contribution in [0.3, 0.4) is 0 Å². The molecule has 1 aliphatic carbocycles. The van der Waals surface area contributed by atoms with Crippen LogP contribution in [0.2, 0.25) is 0 Å². The average Bonchev–Trinajstić information content (AvgIpc) is 2.99. The number of hydrogen-bond donors (Lipinski definition) is 1. The Morgan fingerprint density at radius 2 is 2.36 bits per heavy atom. The number of hydrogen-bond acceptors (Lipinski definition) is 4. The first kappa shape index (κ1) is 8.93. The zero-order valence-corrected chi connectivity index (χ0v) is 7.63. The third kappa shape index (κ3) is 1.99. The van der Waals surface area contributed by atoms with Gasteiger partial charge in [0.05, 0.1) is 6.20 Å². The fraction of sp³-hybridized carbons (Fsp3) is 0.444.